The molecule has 1 aliphatic rings. The van der Waals surface area contributed by atoms with Crippen LogP contribution in [0, 0.1) is 11.3 Å². The molecule has 0 radical (unpaired) electrons. The number of amides is 1. The second-order valence-corrected chi connectivity index (χ2v) is 12.7. The first-order valence-electron chi connectivity index (χ1n) is 12.6. The van der Waals surface area contributed by atoms with Crippen molar-refractivity contribution in [3.8, 4) is 11.1 Å². The van der Waals surface area contributed by atoms with Crippen molar-refractivity contribution in [2.24, 2.45) is 11.3 Å². The quantitative estimate of drug-likeness (QED) is 0.252. The molecule has 0 saturated carbocycles. The minimum atomic E-state index is -0.0831. The lowest BCUT2D eigenvalue weighted by Crippen LogP contribution is -2.26. The second kappa shape index (κ2) is 9.58. The highest BCUT2D eigenvalue weighted by atomic mass is 32.2. The van der Waals surface area contributed by atoms with Crippen LogP contribution in [0.15, 0.2) is 66.1 Å². The van der Waals surface area contributed by atoms with E-state index in [-0.39, 0.29) is 11.7 Å². The van der Waals surface area contributed by atoms with Crippen molar-refractivity contribution in [2.75, 3.05) is 11.1 Å². The molecule has 1 atom stereocenters. The molecule has 0 fully saturated rings. The lowest BCUT2D eigenvalue weighted by atomic mass is 9.72. The lowest BCUT2D eigenvalue weighted by Gasteiger charge is -2.33. The molecule has 8 heteroatoms. The first-order valence-corrected chi connectivity index (χ1v) is 14.4. The Morgan fingerprint density at radius 2 is 1.89 bits per heavy atom. The number of benzene rings is 2. The van der Waals surface area contributed by atoms with Gasteiger partial charge in [-0.15, -0.1) is 21.5 Å². The molecule has 0 saturated heterocycles. The third-order valence-corrected chi connectivity index (χ3v) is 9.37. The highest BCUT2D eigenvalue weighted by molar-refractivity contribution is 7.99. The molecule has 1 amide bonds. The van der Waals surface area contributed by atoms with Crippen LogP contribution in [0.25, 0.3) is 27.0 Å². The number of nitrogens with one attached hydrogen (secondary N) is 1. The molecule has 0 unspecified atom stereocenters. The lowest BCUT2D eigenvalue weighted by molar-refractivity contribution is -0.113. The molecule has 2 aromatic carbocycles. The summed E-state index contributed by atoms with van der Waals surface area (Å²) in [5.74, 6) is 0.829. The van der Waals surface area contributed by atoms with Crippen molar-refractivity contribution in [1.82, 2.24) is 19.6 Å². The van der Waals surface area contributed by atoms with Gasteiger partial charge >= 0.3 is 0 Å². The number of thiophene rings is 1. The zero-order chi connectivity index (χ0) is 25.6. The summed E-state index contributed by atoms with van der Waals surface area (Å²) >= 11 is 3.18. The van der Waals surface area contributed by atoms with Crippen LogP contribution in [-0.2, 0) is 17.6 Å². The number of hydrogen-bond acceptors (Lipinski definition) is 6. The van der Waals surface area contributed by atoms with Crippen LogP contribution in [-0.4, -0.2) is 31.2 Å². The minimum absolute atomic E-state index is 0.0831. The van der Waals surface area contributed by atoms with Gasteiger partial charge in [-0.05, 0) is 47.8 Å². The maximum absolute atomic E-state index is 12.9. The first-order chi connectivity index (χ1) is 17.9. The van der Waals surface area contributed by atoms with Crippen molar-refractivity contribution < 1.29 is 4.79 Å². The van der Waals surface area contributed by atoms with Gasteiger partial charge in [0.05, 0.1) is 11.1 Å². The highest BCUT2D eigenvalue weighted by Crippen LogP contribution is 2.43. The van der Waals surface area contributed by atoms with Gasteiger partial charge in [-0.25, -0.2) is 4.98 Å². The summed E-state index contributed by atoms with van der Waals surface area (Å²) in [5.41, 5.74) is 5.39. The fourth-order valence-electron chi connectivity index (χ4n) is 5.17. The minimum Gasteiger partial charge on any atom is -0.325 e. The van der Waals surface area contributed by atoms with E-state index in [2.05, 4.69) is 36.3 Å². The van der Waals surface area contributed by atoms with Crippen LogP contribution in [0.4, 0.5) is 5.69 Å². The van der Waals surface area contributed by atoms with Gasteiger partial charge in [0.15, 0.2) is 10.8 Å². The SMILES string of the molecule is CC(C)(C)[C@H]1CCc2c(sc3ncn4c(SCC(=O)Nc5ccccc5-c5ccccc5)nnc4c23)C1. The van der Waals surface area contributed by atoms with Crippen molar-refractivity contribution >= 4 is 50.6 Å². The second-order valence-electron chi connectivity index (χ2n) is 10.7. The molecule has 5 aromatic rings. The zero-order valence-corrected chi connectivity index (χ0v) is 22.8. The summed E-state index contributed by atoms with van der Waals surface area (Å²) in [5, 5.41) is 13.9. The molecule has 37 heavy (non-hydrogen) atoms. The van der Waals surface area contributed by atoms with Crippen molar-refractivity contribution in [2.45, 2.75) is 45.2 Å². The average molecular weight is 528 g/mol. The van der Waals surface area contributed by atoms with Crippen LogP contribution >= 0.6 is 23.1 Å². The first kappa shape index (κ1) is 24.1. The number of anilines is 1. The predicted molar refractivity (Wildman–Crippen MR) is 152 cm³/mol. The van der Waals surface area contributed by atoms with E-state index in [1.165, 1.54) is 28.6 Å². The Labute approximate surface area is 224 Å². The molecule has 3 aromatic heterocycles. The van der Waals surface area contributed by atoms with Crippen LogP contribution in [0.2, 0.25) is 0 Å². The fourth-order valence-corrected chi connectivity index (χ4v) is 7.14. The standard InChI is InChI=1S/C29H29N5OS2/c1-29(2,3)19-13-14-21-23(15-19)37-27-25(21)26-32-33-28(34(26)17-30-27)36-16-24(35)31-22-12-8-7-11-20(22)18-9-5-4-6-10-18/h4-12,17,19H,13-16H2,1-3H3,(H,31,35)/t19-/m0/s1. The number of thioether (sulfide) groups is 1. The number of hydrogen-bond donors (Lipinski definition) is 1. The summed E-state index contributed by atoms with van der Waals surface area (Å²) in [6, 6.07) is 17.9. The molecule has 6 rings (SSSR count). The Balaban J connectivity index is 1.21. The van der Waals surface area contributed by atoms with E-state index in [9.17, 15) is 4.79 Å². The third-order valence-electron chi connectivity index (χ3n) is 7.27. The van der Waals surface area contributed by atoms with Crippen molar-refractivity contribution in [3.63, 3.8) is 0 Å². The van der Waals surface area contributed by atoms with Crippen LogP contribution in [0.5, 0.6) is 0 Å². The number of carbonyl (C=O) groups excluding carboxylic acids is 1. The smallest absolute Gasteiger partial charge is 0.234 e. The average Bonchev–Trinajstić information content (AvgIpc) is 3.48. The Bertz CT molecular complexity index is 1600. The van der Waals surface area contributed by atoms with Gasteiger partial charge in [0.1, 0.15) is 11.2 Å². The molecule has 188 valence electrons. The van der Waals surface area contributed by atoms with Crippen LogP contribution in [0.1, 0.15) is 37.6 Å². The van der Waals surface area contributed by atoms with Gasteiger partial charge in [-0.1, -0.05) is 81.1 Å². The largest absolute Gasteiger partial charge is 0.325 e. The maximum atomic E-state index is 12.9. The monoisotopic (exact) mass is 527 g/mol. The van der Waals surface area contributed by atoms with E-state index in [0.29, 0.717) is 16.5 Å². The fraction of sp³-hybridized carbons (Fsp3) is 0.310. The van der Waals surface area contributed by atoms with Gasteiger partial charge in [-0.3, -0.25) is 9.20 Å². The molecule has 0 spiro atoms. The topological polar surface area (TPSA) is 72.2 Å². The molecule has 6 nitrogen and oxygen atoms in total. The maximum Gasteiger partial charge on any atom is 0.234 e. The van der Waals surface area contributed by atoms with Crippen molar-refractivity contribution in [3.05, 3.63) is 71.4 Å². The van der Waals surface area contributed by atoms with Crippen LogP contribution < -0.4 is 5.32 Å². The Morgan fingerprint density at radius 3 is 2.70 bits per heavy atom. The number of rotatable bonds is 5. The van der Waals surface area contributed by atoms with Crippen LogP contribution in [0.3, 0.4) is 0 Å². The van der Waals surface area contributed by atoms with Crippen molar-refractivity contribution in [1.29, 1.82) is 0 Å². The van der Waals surface area contributed by atoms with E-state index in [4.69, 9.17) is 4.98 Å². The number of fused-ring (bicyclic) bond motifs is 5. The number of carbonyl (C=O) groups is 1. The summed E-state index contributed by atoms with van der Waals surface area (Å²) < 4.78 is 1.93. The normalized spacial score (nSPS) is 15.7. The van der Waals surface area contributed by atoms with Gasteiger partial charge in [-0.2, -0.15) is 0 Å². The molecule has 0 bridgehead atoms. The predicted octanol–water partition coefficient (Wildman–Crippen LogP) is 6.89. The van der Waals surface area contributed by atoms with E-state index >= 15 is 0 Å². The zero-order valence-electron chi connectivity index (χ0n) is 21.2. The molecule has 0 aliphatic heterocycles. The molecule has 1 N–H and O–H groups in total. The van der Waals surface area contributed by atoms with E-state index in [0.717, 1.165) is 45.5 Å². The van der Waals surface area contributed by atoms with Gasteiger partial charge < -0.3 is 5.32 Å². The van der Waals surface area contributed by atoms with Gasteiger partial charge in [0.25, 0.3) is 0 Å². The third kappa shape index (κ3) is 4.64. The molecular formula is C29H29N5OS2. The summed E-state index contributed by atoms with van der Waals surface area (Å²) in [7, 11) is 0. The van der Waals surface area contributed by atoms with E-state index < -0.39 is 0 Å². The number of para-hydroxylation sites is 1. The Morgan fingerprint density at radius 1 is 1.11 bits per heavy atom. The van der Waals surface area contributed by atoms with E-state index in [1.807, 2.05) is 59.0 Å². The van der Waals surface area contributed by atoms with E-state index in [1.54, 1.807) is 17.7 Å². The summed E-state index contributed by atoms with van der Waals surface area (Å²) in [4.78, 5) is 20.1. The number of aryl methyl sites for hydroxylation is 1. The Kier molecular flexibility index (Phi) is 6.24. The summed E-state index contributed by atoms with van der Waals surface area (Å²) in [6.45, 7) is 7.01. The highest BCUT2D eigenvalue weighted by Gasteiger charge is 2.32. The summed E-state index contributed by atoms with van der Waals surface area (Å²) in [6.07, 6.45) is 5.14. The van der Waals surface area contributed by atoms with Gasteiger partial charge in [0.2, 0.25) is 5.91 Å². The molecule has 3 heterocycles. The number of nitrogens with zero attached hydrogens (tertiary/aromatic N) is 4. The van der Waals surface area contributed by atoms with Gasteiger partial charge in [0, 0.05) is 16.1 Å². The molecule has 1 aliphatic carbocycles. The molecular weight excluding hydrogens is 498 g/mol. The number of aromatic nitrogens is 4. The Hall–Kier alpha value is -3.23.